The Balaban J connectivity index is 1.81. The first-order valence-electron chi connectivity index (χ1n) is 7.72. The van der Waals surface area contributed by atoms with Crippen LogP contribution in [-0.4, -0.2) is 65.1 Å². The Morgan fingerprint density at radius 1 is 1.37 bits per heavy atom. The lowest BCUT2D eigenvalue weighted by molar-refractivity contribution is -0.0317. The van der Waals surface area contributed by atoms with Crippen LogP contribution in [0.5, 0.6) is 0 Å². The second-order valence-electron chi connectivity index (χ2n) is 6.36. The van der Waals surface area contributed by atoms with Gasteiger partial charge in [-0.25, -0.2) is 0 Å². The van der Waals surface area contributed by atoms with Crippen LogP contribution in [0.15, 0.2) is 0 Å². The maximum absolute atomic E-state index is 5.75. The lowest BCUT2D eigenvalue weighted by atomic mass is 9.81. The van der Waals surface area contributed by atoms with Crippen LogP contribution in [0.4, 0.5) is 0 Å². The van der Waals surface area contributed by atoms with Crippen molar-refractivity contribution in [1.29, 1.82) is 0 Å². The molecule has 4 nitrogen and oxygen atoms in total. The fraction of sp³-hybridized carbons (Fsp3) is 1.00. The summed E-state index contributed by atoms with van der Waals surface area (Å²) < 4.78 is 11.0. The molecule has 0 bridgehead atoms. The van der Waals surface area contributed by atoms with Gasteiger partial charge in [-0.15, -0.1) is 0 Å². The van der Waals surface area contributed by atoms with Gasteiger partial charge < -0.3 is 19.7 Å². The highest BCUT2D eigenvalue weighted by atomic mass is 16.5. The molecule has 1 atom stereocenters. The van der Waals surface area contributed by atoms with E-state index in [4.69, 9.17) is 9.47 Å². The van der Waals surface area contributed by atoms with Crippen molar-refractivity contribution >= 4 is 0 Å². The Kier molecular flexibility index (Phi) is 6.07. The van der Waals surface area contributed by atoms with E-state index in [-0.39, 0.29) is 0 Å². The number of hydrogen-bond donors (Lipinski definition) is 1. The Labute approximate surface area is 117 Å². The summed E-state index contributed by atoms with van der Waals surface area (Å²) >= 11 is 0. The maximum Gasteiger partial charge on any atom is 0.0546 e. The molecule has 0 spiro atoms. The average molecular weight is 270 g/mol. The van der Waals surface area contributed by atoms with Gasteiger partial charge in [-0.2, -0.15) is 0 Å². The summed E-state index contributed by atoms with van der Waals surface area (Å²) in [6.45, 7) is 7.50. The maximum atomic E-state index is 5.75. The monoisotopic (exact) mass is 270 g/mol. The van der Waals surface area contributed by atoms with Gasteiger partial charge in [0.2, 0.25) is 0 Å². The largest absolute Gasteiger partial charge is 0.384 e. The molecule has 0 aromatic carbocycles. The van der Waals surface area contributed by atoms with Gasteiger partial charge in [-0.1, -0.05) is 0 Å². The number of methoxy groups -OCH3 is 1. The number of hydrogen-bond acceptors (Lipinski definition) is 4. The molecule has 19 heavy (non-hydrogen) atoms. The molecule has 0 saturated carbocycles. The van der Waals surface area contributed by atoms with Crippen LogP contribution in [0.3, 0.4) is 0 Å². The number of nitrogens with zero attached hydrogens (tertiary/aromatic N) is 1. The van der Waals surface area contributed by atoms with Crippen molar-refractivity contribution in [3.05, 3.63) is 0 Å². The van der Waals surface area contributed by atoms with Gasteiger partial charge in [-0.05, 0) is 51.7 Å². The quantitative estimate of drug-likeness (QED) is 0.790. The molecule has 2 rings (SSSR count). The van der Waals surface area contributed by atoms with Crippen molar-refractivity contribution in [3.8, 4) is 0 Å². The Morgan fingerprint density at radius 3 is 2.74 bits per heavy atom. The second kappa shape index (κ2) is 7.58. The summed E-state index contributed by atoms with van der Waals surface area (Å²) in [6, 6.07) is 0. The van der Waals surface area contributed by atoms with E-state index in [1.165, 1.54) is 45.3 Å². The van der Waals surface area contributed by atoms with E-state index < -0.39 is 0 Å². The Morgan fingerprint density at radius 2 is 2.16 bits per heavy atom. The predicted octanol–water partition coefficient (Wildman–Crippen LogP) is 1.36. The molecule has 2 saturated heterocycles. The molecule has 1 N–H and O–H groups in total. The van der Waals surface area contributed by atoms with Crippen LogP contribution in [0.1, 0.15) is 25.7 Å². The van der Waals surface area contributed by atoms with Crippen LogP contribution in [0, 0.1) is 11.3 Å². The van der Waals surface area contributed by atoms with Gasteiger partial charge in [0.1, 0.15) is 0 Å². The number of nitrogens with one attached hydrogen (secondary N) is 1. The van der Waals surface area contributed by atoms with Crippen molar-refractivity contribution in [1.82, 2.24) is 10.2 Å². The minimum absolute atomic E-state index is 0.334. The minimum atomic E-state index is 0.334. The zero-order valence-electron chi connectivity index (χ0n) is 12.6. The molecular weight excluding hydrogens is 240 g/mol. The summed E-state index contributed by atoms with van der Waals surface area (Å²) in [6.07, 6.45) is 5.07. The lowest BCUT2D eigenvalue weighted by Gasteiger charge is -2.43. The molecule has 1 unspecified atom stereocenters. The van der Waals surface area contributed by atoms with Crippen LogP contribution >= 0.6 is 0 Å². The summed E-state index contributed by atoms with van der Waals surface area (Å²) in [4.78, 5) is 2.64. The number of ether oxygens (including phenoxy) is 2. The SMILES string of the molecule is CNCC1(CN2CCC(COC)CC2)CCCOC1. The molecule has 0 radical (unpaired) electrons. The van der Waals surface area contributed by atoms with Crippen LogP contribution in [-0.2, 0) is 9.47 Å². The van der Waals surface area contributed by atoms with Gasteiger partial charge >= 0.3 is 0 Å². The lowest BCUT2D eigenvalue weighted by Crippen LogP contribution is -2.50. The normalized spacial score (nSPS) is 30.6. The fourth-order valence-corrected chi connectivity index (χ4v) is 3.63. The molecule has 4 heteroatoms. The van der Waals surface area contributed by atoms with E-state index >= 15 is 0 Å². The zero-order chi connectivity index (χ0) is 13.6. The first kappa shape index (κ1) is 15.2. The van der Waals surface area contributed by atoms with Crippen molar-refractivity contribution in [2.24, 2.45) is 11.3 Å². The molecule has 2 aliphatic rings. The fourth-order valence-electron chi connectivity index (χ4n) is 3.63. The molecule has 0 aromatic rings. The molecule has 2 fully saturated rings. The predicted molar refractivity (Wildman–Crippen MR) is 77.5 cm³/mol. The molecule has 2 heterocycles. The molecule has 0 aromatic heterocycles. The van der Waals surface area contributed by atoms with Crippen LogP contribution in [0.25, 0.3) is 0 Å². The van der Waals surface area contributed by atoms with Gasteiger partial charge in [0.15, 0.2) is 0 Å². The third kappa shape index (κ3) is 4.42. The van der Waals surface area contributed by atoms with Crippen LogP contribution in [0.2, 0.25) is 0 Å². The smallest absolute Gasteiger partial charge is 0.0546 e. The second-order valence-corrected chi connectivity index (χ2v) is 6.36. The summed E-state index contributed by atoms with van der Waals surface area (Å²) in [5.41, 5.74) is 0.334. The number of rotatable bonds is 6. The van der Waals surface area contributed by atoms with Gasteiger partial charge in [0.05, 0.1) is 6.61 Å². The topological polar surface area (TPSA) is 33.7 Å². The highest BCUT2D eigenvalue weighted by Crippen LogP contribution is 2.30. The van der Waals surface area contributed by atoms with Crippen molar-refractivity contribution in [2.75, 3.05) is 60.2 Å². The molecule has 112 valence electrons. The third-order valence-electron chi connectivity index (χ3n) is 4.62. The van der Waals surface area contributed by atoms with Gasteiger partial charge in [-0.3, -0.25) is 0 Å². The van der Waals surface area contributed by atoms with Crippen molar-refractivity contribution < 1.29 is 9.47 Å². The van der Waals surface area contributed by atoms with E-state index in [1.807, 2.05) is 7.11 Å². The summed E-state index contributed by atoms with van der Waals surface area (Å²) in [5.74, 6) is 0.768. The van der Waals surface area contributed by atoms with Gasteiger partial charge in [0.25, 0.3) is 0 Å². The van der Waals surface area contributed by atoms with Gasteiger partial charge in [0, 0.05) is 38.8 Å². The standard InChI is InChI=1S/C15H30N2O2/c1-16-11-15(6-3-9-19-13-15)12-17-7-4-14(5-8-17)10-18-2/h14,16H,3-13H2,1-2H3. The average Bonchev–Trinajstić information content (AvgIpc) is 2.43. The Bertz CT molecular complexity index is 241. The number of likely N-dealkylation sites (tertiary alicyclic amines) is 1. The zero-order valence-corrected chi connectivity index (χ0v) is 12.6. The van der Waals surface area contributed by atoms with E-state index in [0.29, 0.717) is 5.41 Å². The van der Waals surface area contributed by atoms with E-state index in [0.717, 1.165) is 32.3 Å². The minimum Gasteiger partial charge on any atom is -0.384 e. The van der Waals surface area contributed by atoms with E-state index in [1.54, 1.807) is 0 Å². The molecule has 0 aliphatic carbocycles. The molecule has 0 amide bonds. The summed E-state index contributed by atoms with van der Waals surface area (Å²) in [5, 5.41) is 3.37. The molecular formula is C15H30N2O2. The highest BCUT2D eigenvalue weighted by Gasteiger charge is 2.35. The number of piperidine rings is 1. The van der Waals surface area contributed by atoms with Crippen LogP contribution < -0.4 is 5.32 Å². The first-order chi connectivity index (χ1) is 9.28. The van der Waals surface area contributed by atoms with E-state index in [9.17, 15) is 0 Å². The van der Waals surface area contributed by atoms with Crippen molar-refractivity contribution in [3.63, 3.8) is 0 Å². The first-order valence-corrected chi connectivity index (χ1v) is 7.72. The molecule has 2 aliphatic heterocycles. The van der Waals surface area contributed by atoms with E-state index in [2.05, 4.69) is 17.3 Å². The van der Waals surface area contributed by atoms with Crippen molar-refractivity contribution in [2.45, 2.75) is 25.7 Å². The highest BCUT2D eigenvalue weighted by molar-refractivity contribution is 4.88. The Hall–Kier alpha value is -0.160. The summed E-state index contributed by atoms with van der Waals surface area (Å²) in [7, 11) is 3.87. The third-order valence-corrected chi connectivity index (χ3v) is 4.62.